The lowest BCUT2D eigenvalue weighted by atomic mass is 10.2. The van der Waals surface area contributed by atoms with Gasteiger partial charge in [0, 0.05) is 12.4 Å². The van der Waals surface area contributed by atoms with Gasteiger partial charge in [-0.1, -0.05) is 6.07 Å². The summed E-state index contributed by atoms with van der Waals surface area (Å²) in [5, 5.41) is 18.7. The van der Waals surface area contributed by atoms with E-state index in [1.54, 1.807) is 17.5 Å². The van der Waals surface area contributed by atoms with Crippen molar-refractivity contribution in [1.29, 1.82) is 0 Å². The van der Waals surface area contributed by atoms with Gasteiger partial charge in [0.2, 0.25) is 0 Å². The first kappa shape index (κ1) is 13.7. The first-order valence-electron chi connectivity index (χ1n) is 5.68. The summed E-state index contributed by atoms with van der Waals surface area (Å²) in [6.45, 7) is 0.711. The van der Waals surface area contributed by atoms with Crippen molar-refractivity contribution in [2.75, 3.05) is 13.2 Å². The Morgan fingerprint density at radius 1 is 1.53 bits per heavy atom. The molecule has 3 heterocycles. The maximum Gasteiger partial charge on any atom is 0.290 e. The molecule has 1 aliphatic rings. The lowest BCUT2D eigenvalue weighted by Crippen LogP contribution is -2.22. The van der Waals surface area contributed by atoms with E-state index >= 15 is 0 Å². The number of aromatic nitrogens is 2. The van der Waals surface area contributed by atoms with Gasteiger partial charge in [0.05, 0.1) is 24.1 Å². The zero-order chi connectivity index (χ0) is 13.7. The van der Waals surface area contributed by atoms with Crippen LogP contribution in [-0.2, 0) is 9.53 Å². The average Bonchev–Trinajstić information content (AvgIpc) is 3.09. The second kappa shape index (κ2) is 6.46. The highest BCUT2D eigenvalue weighted by molar-refractivity contribution is 7.13. The number of ether oxygens (including phenoxy) is 1. The minimum atomic E-state index is -0.437. The number of imidazole rings is 1. The number of hydrogen-bond acceptors (Lipinski definition) is 5. The van der Waals surface area contributed by atoms with Crippen LogP contribution in [0.2, 0.25) is 0 Å². The molecule has 2 aromatic heterocycles. The molecule has 1 saturated heterocycles. The molecule has 0 radical (unpaired) electrons. The quantitative estimate of drug-likeness (QED) is 0.810. The highest BCUT2D eigenvalue weighted by Crippen LogP contribution is 2.28. The lowest BCUT2D eigenvalue weighted by molar-refractivity contribution is -0.122. The van der Waals surface area contributed by atoms with Crippen LogP contribution in [0.1, 0.15) is 6.04 Å². The number of rotatable bonds is 2. The number of hydrogen-bond donors (Lipinski definition) is 2. The van der Waals surface area contributed by atoms with Gasteiger partial charge in [-0.2, -0.15) is 0 Å². The summed E-state index contributed by atoms with van der Waals surface area (Å²) in [6, 6.07) is 4.02. The molecule has 0 bridgehead atoms. The minimum Gasteiger partial charge on any atom is -0.483 e. The summed E-state index contributed by atoms with van der Waals surface area (Å²) >= 11 is 1.65. The molecule has 2 N–H and O–H groups in total. The third-order valence-corrected chi connectivity index (χ3v) is 3.65. The Bertz CT molecular complexity index is 512. The zero-order valence-corrected chi connectivity index (χ0v) is 10.9. The highest BCUT2D eigenvalue weighted by Gasteiger charge is 2.29. The van der Waals surface area contributed by atoms with Gasteiger partial charge in [0.1, 0.15) is 11.9 Å². The molecule has 1 fully saturated rings. The third kappa shape index (κ3) is 3.01. The standard InChI is InChI=1S/C11H12N2O2S.CH2O2/c14-9-7-15-6-8(9)13-4-3-12-11(13)10-2-1-5-16-10;2-1-3/h1-5,8-9,14H,6-7H2;1H,(H,2,3)/t8-,9+;/m0./s1. The Labute approximate surface area is 113 Å². The molecule has 2 aromatic rings. The first-order valence-corrected chi connectivity index (χ1v) is 6.56. The molecule has 1 aliphatic heterocycles. The Balaban J connectivity index is 0.000000408. The van der Waals surface area contributed by atoms with E-state index in [0.29, 0.717) is 13.2 Å². The molecular weight excluding hydrogens is 268 g/mol. The van der Waals surface area contributed by atoms with Gasteiger partial charge in [-0.25, -0.2) is 4.98 Å². The Kier molecular flexibility index (Phi) is 4.67. The van der Waals surface area contributed by atoms with Gasteiger partial charge in [-0.05, 0) is 11.4 Å². The number of thiophene rings is 1. The molecule has 19 heavy (non-hydrogen) atoms. The van der Waals surface area contributed by atoms with E-state index in [1.165, 1.54) is 0 Å². The number of carbonyl (C=O) groups is 1. The Morgan fingerprint density at radius 3 is 2.89 bits per heavy atom. The summed E-state index contributed by atoms with van der Waals surface area (Å²) in [4.78, 5) is 13.8. The minimum absolute atomic E-state index is 0.0143. The molecule has 2 atom stereocenters. The largest absolute Gasteiger partial charge is 0.483 e. The Morgan fingerprint density at radius 2 is 2.32 bits per heavy atom. The van der Waals surface area contributed by atoms with Crippen LogP contribution in [0, 0.1) is 0 Å². The summed E-state index contributed by atoms with van der Waals surface area (Å²) in [7, 11) is 0. The van der Waals surface area contributed by atoms with Crippen LogP contribution in [0.3, 0.4) is 0 Å². The molecule has 0 spiro atoms. The molecule has 6 nitrogen and oxygen atoms in total. The van der Waals surface area contributed by atoms with Gasteiger partial charge in [0.25, 0.3) is 6.47 Å². The fraction of sp³-hybridized carbons (Fsp3) is 0.333. The summed E-state index contributed by atoms with van der Waals surface area (Å²) in [6.07, 6.45) is 3.23. The van der Waals surface area contributed by atoms with Gasteiger partial charge in [0.15, 0.2) is 0 Å². The van der Waals surface area contributed by atoms with Crippen LogP contribution >= 0.6 is 11.3 Å². The molecule has 0 aromatic carbocycles. The van der Waals surface area contributed by atoms with Crippen LogP contribution in [0.25, 0.3) is 10.7 Å². The highest BCUT2D eigenvalue weighted by atomic mass is 32.1. The van der Waals surface area contributed by atoms with E-state index in [9.17, 15) is 5.11 Å². The van der Waals surface area contributed by atoms with Gasteiger partial charge in [-0.15, -0.1) is 11.3 Å². The number of carboxylic acid groups (broad SMARTS) is 1. The van der Waals surface area contributed by atoms with Crippen LogP contribution in [-0.4, -0.2) is 45.6 Å². The summed E-state index contributed by atoms with van der Waals surface area (Å²) in [5.74, 6) is 0.907. The topological polar surface area (TPSA) is 84.6 Å². The van der Waals surface area contributed by atoms with Crippen molar-refractivity contribution in [3.63, 3.8) is 0 Å². The van der Waals surface area contributed by atoms with E-state index in [-0.39, 0.29) is 12.5 Å². The normalized spacial score (nSPS) is 21.7. The smallest absolute Gasteiger partial charge is 0.290 e. The Hall–Kier alpha value is -1.70. The summed E-state index contributed by atoms with van der Waals surface area (Å²) < 4.78 is 7.27. The van der Waals surface area contributed by atoms with Crippen molar-refractivity contribution in [1.82, 2.24) is 9.55 Å². The third-order valence-electron chi connectivity index (χ3n) is 2.79. The van der Waals surface area contributed by atoms with E-state index in [2.05, 4.69) is 4.98 Å². The van der Waals surface area contributed by atoms with Crippen LogP contribution < -0.4 is 0 Å². The lowest BCUT2D eigenvalue weighted by Gasteiger charge is -2.16. The van der Waals surface area contributed by atoms with Gasteiger partial charge in [-0.3, -0.25) is 4.79 Å². The average molecular weight is 282 g/mol. The van der Waals surface area contributed by atoms with Gasteiger partial charge < -0.3 is 19.5 Å². The van der Waals surface area contributed by atoms with E-state index < -0.39 is 6.10 Å². The van der Waals surface area contributed by atoms with E-state index in [0.717, 1.165) is 10.7 Å². The zero-order valence-electron chi connectivity index (χ0n) is 10.0. The fourth-order valence-corrected chi connectivity index (χ4v) is 2.70. The molecule has 0 saturated carbocycles. The maximum atomic E-state index is 9.81. The molecule has 0 unspecified atom stereocenters. The van der Waals surface area contributed by atoms with Crippen LogP contribution in [0.4, 0.5) is 0 Å². The van der Waals surface area contributed by atoms with Crippen molar-refractivity contribution in [3.05, 3.63) is 29.9 Å². The second-order valence-corrected chi connectivity index (χ2v) is 4.86. The number of nitrogens with zero attached hydrogens (tertiary/aromatic N) is 2. The number of aliphatic hydroxyl groups is 1. The van der Waals surface area contributed by atoms with Gasteiger partial charge >= 0.3 is 0 Å². The predicted molar refractivity (Wildman–Crippen MR) is 70.1 cm³/mol. The first-order chi connectivity index (χ1) is 9.27. The second-order valence-electron chi connectivity index (χ2n) is 3.91. The van der Waals surface area contributed by atoms with Crippen LogP contribution in [0.5, 0.6) is 0 Å². The molecular formula is C12H14N2O4S. The van der Waals surface area contributed by atoms with Crippen LogP contribution in [0.15, 0.2) is 29.9 Å². The molecule has 7 heteroatoms. The summed E-state index contributed by atoms with van der Waals surface area (Å²) in [5.41, 5.74) is 0. The van der Waals surface area contributed by atoms with Crippen molar-refractivity contribution in [3.8, 4) is 10.7 Å². The van der Waals surface area contributed by atoms with Crippen molar-refractivity contribution < 1.29 is 19.7 Å². The molecule has 0 aliphatic carbocycles. The molecule has 3 rings (SSSR count). The van der Waals surface area contributed by atoms with Crippen molar-refractivity contribution in [2.24, 2.45) is 0 Å². The van der Waals surface area contributed by atoms with E-state index in [1.807, 2.05) is 28.3 Å². The number of aliphatic hydroxyl groups excluding tert-OH is 1. The van der Waals surface area contributed by atoms with Crippen molar-refractivity contribution >= 4 is 17.8 Å². The fourth-order valence-electron chi connectivity index (χ4n) is 1.97. The van der Waals surface area contributed by atoms with E-state index in [4.69, 9.17) is 14.6 Å². The predicted octanol–water partition coefficient (Wildman–Crippen LogP) is 1.24. The van der Waals surface area contributed by atoms with Crippen molar-refractivity contribution in [2.45, 2.75) is 12.1 Å². The molecule has 102 valence electrons. The monoisotopic (exact) mass is 282 g/mol. The molecule has 0 amide bonds. The maximum absolute atomic E-state index is 9.81. The SMILES string of the molecule is O=CO.O[C@@H]1COC[C@@H]1n1ccnc1-c1cccs1.